The quantitative estimate of drug-likeness (QED) is 0.870. The monoisotopic (exact) mass is 259 g/mol. The highest BCUT2D eigenvalue weighted by Crippen LogP contribution is 2.22. The molecule has 17 heavy (non-hydrogen) atoms. The fourth-order valence-corrected chi connectivity index (χ4v) is 1.52. The molecule has 1 unspecified atom stereocenters. The molecule has 0 spiro atoms. The third-order valence-corrected chi connectivity index (χ3v) is 2.41. The van der Waals surface area contributed by atoms with Crippen molar-refractivity contribution in [3.8, 4) is 0 Å². The lowest BCUT2D eigenvalue weighted by atomic mass is 10.0. The van der Waals surface area contributed by atoms with E-state index in [0.29, 0.717) is 5.56 Å². The van der Waals surface area contributed by atoms with Crippen molar-refractivity contribution < 1.29 is 19.1 Å². The lowest BCUT2D eigenvalue weighted by Crippen LogP contribution is -2.28. The van der Waals surface area contributed by atoms with Crippen molar-refractivity contribution in [1.29, 1.82) is 0 Å². The van der Waals surface area contributed by atoms with Crippen LogP contribution in [-0.2, 0) is 9.59 Å². The Kier molecular flexibility index (Phi) is 4.45. The Morgan fingerprint density at radius 2 is 2.18 bits per heavy atom. The molecule has 92 valence electrons. The molecule has 0 bridgehead atoms. The van der Waals surface area contributed by atoms with E-state index < -0.39 is 17.8 Å². The average molecular weight is 260 g/mol. The maximum atomic E-state index is 13.2. The predicted octanol–water partition coefficient (Wildman–Crippen LogP) is 2.13. The van der Waals surface area contributed by atoms with E-state index in [0.717, 1.165) is 6.07 Å². The Labute approximate surface area is 102 Å². The molecule has 0 saturated carbocycles. The highest BCUT2D eigenvalue weighted by Gasteiger charge is 2.17. The Balaban J connectivity index is 2.98. The molecule has 1 amide bonds. The highest BCUT2D eigenvalue weighted by molar-refractivity contribution is 6.30. The third-order valence-electron chi connectivity index (χ3n) is 2.10. The number of rotatable bonds is 4. The Bertz CT molecular complexity index is 434. The third kappa shape index (κ3) is 4.03. The smallest absolute Gasteiger partial charge is 0.305 e. The van der Waals surface area contributed by atoms with Gasteiger partial charge < -0.3 is 10.4 Å². The van der Waals surface area contributed by atoms with Gasteiger partial charge in [0.05, 0.1) is 17.5 Å². The molecule has 1 aromatic rings. The number of nitrogens with one attached hydrogen (secondary N) is 1. The highest BCUT2D eigenvalue weighted by atomic mass is 35.5. The molecule has 1 rings (SSSR count). The first-order chi connectivity index (χ1) is 7.90. The summed E-state index contributed by atoms with van der Waals surface area (Å²) in [5.41, 5.74) is 0.365. The van der Waals surface area contributed by atoms with Gasteiger partial charge in [-0.05, 0) is 17.7 Å². The molecule has 0 heterocycles. The summed E-state index contributed by atoms with van der Waals surface area (Å²) in [6.45, 7) is 1.27. The van der Waals surface area contributed by atoms with Crippen LogP contribution in [0.4, 0.5) is 4.39 Å². The lowest BCUT2D eigenvalue weighted by molar-refractivity contribution is -0.137. The second-order valence-electron chi connectivity index (χ2n) is 3.52. The van der Waals surface area contributed by atoms with Crippen LogP contribution in [0.5, 0.6) is 0 Å². The van der Waals surface area contributed by atoms with Gasteiger partial charge in [0.2, 0.25) is 5.91 Å². The zero-order valence-electron chi connectivity index (χ0n) is 9.04. The van der Waals surface area contributed by atoms with Gasteiger partial charge in [0.15, 0.2) is 0 Å². The molecule has 0 aliphatic heterocycles. The molecule has 1 aromatic carbocycles. The van der Waals surface area contributed by atoms with Gasteiger partial charge in [0.1, 0.15) is 5.82 Å². The molecule has 0 aromatic heterocycles. The minimum atomic E-state index is -1.08. The van der Waals surface area contributed by atoms with Gasteiger partial charge in [-0.3, -0.25) is 9.59 Å². The van der Waals surface area contributed by atoms with E-state index in [1.54, 1.807) is 0 Å². The molecule has 4 nitrogen and oxygen atoms in total. The van der Waals surface area contributed by atoms with Crippen LogP contribution in [0.2, 0.25) is 5.02 Å². The predicted molar refractivity (Wildman–Crippen MR) is 60.2 cm³/mol. The summed E-state index contributed by atoms with van der Waals surface area (Å²) < 4.78 is 13.2. The standard InChI is InChI=1S/C11H11ClFNO3/c1-6(15)14-10(5-11(16)17)7-2-3-8(12)9(13)4-7/h2-4,10H,5H2,1H3,(H,14,15)(H,16,17). The molecular formula is C11H11ClFNO3. The molecule has 2 N–H and O–H groups in total. The molecule has 6 heteroatoms. The van der Waals surface area contributed by atoms with Crippen molar-refractivity contribution in [3.05, 3.63) is 34.6 Å². The van der Waals surface area contributed by atoms with Crippen molar-refractivity contribution >= 4 is 23.5 Å². The van der Waals surface area contributed by atoms with Crippen LogP contribution < -0.4 is 5.32 Å². The van der Waals surface area contributed by atoms with Crippen LogP contribution >= 0.6 is 11.6 Å². The largest absolute Gasteiger partial charge is 0.481 e. The maximum Gasteiger partial charge on any atom is 0.305 e. The topological polar surface area (TPSA) is 66.4 Å². The number of carbonyl (C=O) groups is 2. The second kappa shape index (κ2) is 5.63. The normalized spacial score (nSPS) is 11.9. The molecule has 0 aliphatic rings. The second-order valence-corrected chi connectivity index (χ2v) is 3.93. The summed E-state index contributed by atoms with van der Waals surface area (Å²) in [6.07, 6.45) is -0.319. The Morgan fingerprint density at radius 1 is 1.53 bits per heavy atom. The van der Waals surface area contributed by atoms with Crippen LogP contribution in [0.25, 0.3) is 0 Å². The van der Waals surface area contributed by atoms with E-state index >= 15 is 0 Å². The fourth-order valence-electron chi connectivity index (χ4n) is 1.40. The van der Waals surface area contributed by atoms with Gasteiger partial charge in [-0.25, -0.2) is 4.39 Å². The number of hydrogen-bond donors (Lipinski definition) is 2. The number of benzene rings is 1. The molecule has 0 radical (unpaired) electrons. The Morgan fingerprint density at radius 3 is 2.65 bits per heavy atom. The number of hydrogen-bond acceptors (Lipinski definition) is 2. The van der Waals surface area contributed by atoms with Gasteiger partial charge in [-0.15, -0.1) is 0 Å². The van der Waals surface area contributed by atoms with Crippen molar-refractivity contribution in [3.63, 3.8) is 0 Å². The molecule has 0 fully saturated rings. The first-order valence-electron chi connectivity index (χ1n) is 4.84. The van der Waals surface area contributed by atoms with E-state index in [1.807, 2.05) is 0 Å². The van der Waals surface area contributed by atoms with Crippen LogP contribution in [0.1, 0.15) is 24.9 Å². The number of carbonyl (C=O) groups excluding carboxylic acids is 1. The SMILES string of the molecule is CC(=O)NC(CC(=O)O)c1ccc(Cl)c(F)c1. The van der Waals surface area contributed by atoms with E-state index in [2.05, 4.69) is 5.32 Å². The van der Waals surface area contributed by atoms with Gasteiger partial charge in [-0.1, -0.05) is 17.7 Å². The van der Waals surface area contributed by atoms with Crippen LogP contribution in [0.3, 0.4) is 0 Å². The van der Waals surface area contributed by atoms with Crippen LogP contribution in [-0.4, -0.2) is 17.0 Å². The van der Waals surface area contributed by atoms with Gasteiger partial charge >= 0.3 is 5.97 Å². The summed E-state index contributed by atoms with van der Waals surface area (Å²) in [7, 11) is 0. The van der Waals surface area contributed by atoms with E-state index in [4.69, 9.17) is 16.7 Å². The van der Waals surface area contributed by atoms with Gasteiger partial charge in [0.25, 0.3) is 0 Å². The van der Waals surface area contributed by atoms with Crippen molar-refractivity contribution in [2.45, 2.75) is 19.4 Å². The molecular weight excluding hydrogens is 249 g/mol. The van der Waals surface area contributed by atoms with Crippen molar-refractivity contribution in [2.24, 2.45) is 0 Å². The zero-order valence-corrected chi connectivity index (χ0v) is 9.79. The van der Waals surface area contributed by atoms with Crippen LogP contribution in [0, 0.1) is 5.82 Å². The minimum absolute atomic E-state index is 0.0503. The number of aliphatic carboxylic acids is 1. The molecule has 0 saturated heterocycles. The summed E-state index contributed by atoms with van der Waals surface area (Å²) in [6, 6.07) is 3.15. The number of carboxylic acid groups (broad SMARTS) is 1. The summed E-state index contributed by atoms with van der Waals surface area (Å²) in [4.78, 5) is 21.6. The number of halogens is 2. The average Bonchev–Trinajstić information content (AvgIpc) is 2.19. The summed E-state index contributed by atoms with van der Waals surface area (Å²) in [5, 5.41) is 11.1. The maximum absolute atomic E-state index is 13.2. The molecule has 1 atom stereocenters. The van der Waals surface area contributed by atoms with E-state index in [1.165, 1.54) is 19.1 Å². The first kappa shape index (κ1) is 13.4. The van der Waals surface area contributed by atoms with Crippen molar-refractivity contribution in [2.75, 3.05) is 0 Å². The van der Waals surface area contributed by atoms with E-state index in [-0.39, 0.29) is 17.4 Å². The van der Waals surface area contributed by atoms with Crippen LogP contribution in [0.15, 0.2) is 18.2 Å². The Hall–Kier alpha value is -1.62. The minimum Gasteiger partial charge on any atom is -0.481 e. The van der Waals surface area contributed by atoms with Crippen molar-refractivity contribution in [1.82, 2.24) is 5.32 Å². The summed E-state index contributed by atoms with van der Waals surface area (Å²) in [5.74, 6) is -2.12. The number of amides is 1. The molecule has 0 aliphatic carbocycles. The summed E-state index contributed by atoms with van der Waals surface area (Å²) >= 11 is 5.52. The van der Waals surface area contributed by atoms with Gasteiger partial charge in [0, 0.05) is 6.92 Å². The number of carboxylic acids is 1. The van der Waals surface area contributed by atoms with Gasteiger partial charge in [-0.2, -0.15) is 0 Å². The van der Waals surface area contributed by atoms with E-state index in [9.17, 15) is 14.0 Å². The zero-order chi connectivity index (χ0) is 13.0. The lowest BCUT2D eigenvalue weighted by Gasteiger charge is -2.16. The first-order valence-corrected chi connectivity index (χ1v) is 5.21. The fraction of sp³-hybridized carbons (Fsp3) is 0.273.